The highest BCUT2D eigenvalue weighted by molar-refractivity contribution is 5.71. The van der Waals surface area contributed by atoms with E-state index in [1.165, 1.54) is 24.3 Å². The van der Waals surface area contributed by atoms with Crippen LogP contribution in [0, 0.1) is 34.9 Å². The SMILES string of the molecule is CCCCOC1CCC(c2cc(F)c(C(F)(F)Oc3ccc(-c4ccc(-c5cc(F)c(F)c(F)c5)c(F)c4)cc3)c(F)c2)CC1. The van der Waals surface area contributed by atoms with Crippen LogP contribution in [0.1, 0.15) is 62.5 Å². The first-order chi connectivity index (χ1) is 21.5. The quantitative estimate of drug-likeness (QED) is 0.0982. The van der Waals surface area contributed by atoms with Gasteiger partial charge in [-0.15, -0.1) is 0 Å². The van der Waals surface area contributed by atoms with Gasteiger partial charge in [-0.25, -0.2) is 26.3 Å². The van der Waals surface area contributed by atoms with Crippen LogP contribution in [0.3, 0.4) is 0 Å². The molecule has 10 heteroatoms. The van der Waals surface area contributed by atoms with Gasteiger partial charge in [0, 0.05) is 12.2 Å². The molecule has 0 heterocycles. The van der Waals surface area contributed by atoms with Gasteiger partial charge in [0.25, 0.3) is 0 Å². The molecule has 0 radical (unpaired) electrons. The zero-order valence-corrected chi connectivity index (χ0v) is 24.3. The van der Waals surface area contributed by atoms with Crippen molar-refractivity contribution >= 4 is 0 Å². The van der Waals surface area contributed by atoms with E-state index in [1.807, 2.05) is 0 Å². The van der Waals surface area contributed by atoms with Gasteiger partial charge in [-0.3, -0.25) is 0 Å². The highest BCUT2D eigenvalue weighted by Gasteiger charge is 2.41. The van der Waals surface area contributed by atoms with E-state index >= 15 is 8.78 Å². The Kier molecular flexibility index (Phi) is 9.82. The summed E-state index contributed by atoms with van der Waals surface area (Å²) in [6.07, 6.45) is 0.426. The summed E-state index contributed by atoms with van der Waals surface area (Å²) in [7, 11) is 0. The predicted octanol–water partition coefficient (Wildman–Crippen LogP) is 10.8. The molecule has 4 aromatic rings. The van der Waals surface area contributed by atoms with Crippen LogP contribution in [0.4, 0.5) is 35.1 Å². The van der Waals surface area contributed by atoms with Crippen LogP contribution in [0.15, 0.2) is 66.7 Å². The van der Waals surface area contributed by atoms with Gasteiger partial charge in [-0.05, 0) is 103 Å². The van der Waals surface area contributed by atoms with Gasteiger partial charge in [0.2, 0.25) is 0 Å². The molecule has 0 spiro atoms. The first-order valence-corrected chi connectivity index (χ1v) is 14.7. The van der Waals surface area contributed by atoms with Crippen molar-refractivity contribution in [3.05, 3.63) is 113 Å². The number of halogens is 8. The summed E-state index contributed by atoms with van der Waals surface area (Å²) in [5.41, 5.74) is -0.942. The maximum Gasteiger partial charge on any atom is 0.432 e. The molecule has 0 bridgehead atoms. The first kappa shape index (κ1) is 32.5. The summed E-state index contributed by atoms with van der Waals surface area (Å²) in [5.74, 6) is -8.88. The topological polar surface area (TPSA) is 18.5 Å². The molecule has 1 fully saturated rings. The predicted molar refractivity (Wildman–Crippen MR) is 154 cm³/mol. The lowest BCUT2D eigenvalue weighted by Crippen LogP contribution is -2.26. The lowest BCUT2D eigenvalue weighted by Gasteiger charge is -2.29. The average molecular weight is 635 g/mol. The molecule has 0 N–H and O–H groups in total. The van der Waals surface area contributed by atoms with E-state index in [4.69, 9.17) is 9.47 Å². The van der Waals surface area contributed by atoms with Crippen LogP contribution in [0.2, 0.25) is 0 Å². The van der Waals surface area contributed by atoms with Gasteiger partial charge in [-0.1, -0.05) is 37.6 Å². The molecule has 0 aromatic heterocycles. The molecule has 0 aliphatic heterocycles. The van der Waals surface area contributed by atoms with Crippen molar-refractivity contribution in [2.75, 3.05) is 6.61 Å². The summed E-state index contributed by atoms with van der Waals surface area (Å²) in [4.78, 5) is 0. The molecule has 238 valence electrons. The van der Waals surface area contributed by atoms with E-state index in [0.29, 0.717) is 42.7 Å². The van der Waals surface area contributed by atoms with Crippen LogP contribution >= 0.6 is 0 Å². The van der Waals surface area contributed by atoms with Crippen LogP contribution in [-0.4, -0.2) is 12.7 Å². The second kappa shape index (κ2) is 13.6. The van der Waals surface area contributed by atoms with Gasteiger partial charge >= 0.3 is 6.11 Å². The minimum absolute atomic E-state index is 0.0857. The number of hydrogen-bond donors (Lipinski definition) is 0. The Morgan fingerprint density at radius 2 is 1.24 bits per heavy atom. The Labute approximate surface area is 255 Å². The number of benzene rings is 4. The molecule has 4 aromatic carbocycles. The highest BCUT2D eigenvalue weighted by atomic mass is 19.3. The van der Waals surface area contributed by atoms with E-state index in [-0.39, 0.29) is 28.7 Å². The molecule has 2 nitrogen and oxygen atoms in total. The van der Waals surface area contributed by atoms with Crippen molar-refractivity contribution in [3.63, 3.8) is 0 Å². The van der Waals surface area contributed by atoms with Gasteiger partial charge < -0.3 is 9.47 Å². The molecule has 45 heavy (non-hydrogen) atoms. The standard InChI is InChI=1S/C35H30F8O2/c1-2-3-14-44-25-9-4-21(5-10-25)23-16-29(37)33(30(38)17-23)35(42,43)45-26-11-6-20(7-12-26)22-8-13-27(28(36)15-22)24-18-31(39)34(41)32(40)19-24/h6-8,11-13,15-19,21,25H,2-5,9-10,14H2,1H3. The van der Waals surface area contributed by atoms with Crippen molar-refractivity contribution in [3.8, 4) is 28.0 Å². The Bertz CT molecular complexity index is 1600. The largest absolute Gasteiger partial charge is 0.432 e. The van der Waals surface area contributed by atoms with Crippen LogP contribution < -0.4 is 4.74 Å². The lowest BCUT2D eigenvalue weighted by molar-refractivity contribution is -0.189. The maximum atomic E-state index is 15.1. The lowest BCUT2D eigenvalue weighted by atomic mass is 9.82. The molecule has 0 unspecified atom stereocenters. The molecule has 0 saturated heterocycles. The second-order valence-corrected chi connectivity index (χ2v) is 11.1. The minimum Gasteiger partial charge on any atom is -0.429 e. The van der Waals surface area contributed by atoms with Gasteiger partial charge in [-0.2, -0.15) is 8.78 Å². The summed E-state index contributed by atoms with van der Waals surface area (Å²) >= 11 is 0. The van der Waals surface area contributed by atoms with Gasteiger partial charge in [0.05, 0.1) is 6.10 Å². The molecule has 1 aliphatic rings. The molecule has 5 rings (SSSR count). The van der Waals surface area contributed by atoms with Gasteiger partial charge in [0.1, 0.15) is 28.8 Å². The number of rotatable bonds is 10. The van der Waals surface area contributed by atoms with Crippen molar-refractivity contribution in [1.82, 2.24) is 0 Å². The summed E-state index contributed by atoms with van der Waals surface area (Å²) in [6.45, 7) is 2.73. The Morgan fingerprint density at radius 3 is 1.82 bits per heavy atom. The fourth-order valence-electron chi connectivity index (χ4n) is 5.62. The highest BCUT2D eigenvalue weighted by Crippen LogP contribution is 2.40. The Hall–Kier alpha value is -3.92. The summed E-state index contributed by atoms with van der Waals surface area (Å²) in [6, 6.07) is 11.8. The average Bonchev–Trinajstić information content (AvgIpc) is 2.99. The van der Waals surface area contributed by atoms with Crippen LogP contribution in [0.25, 0.3) is 22.3 Å². The fourth-order valence-corrected chi connectivity index (χ4v) is 5.62. The number of ether oxygens (including phenoxy) is 2. The van der Waals surface area contributed by atoms with E-state index in [9.17, 15) is 26.3 Å². The second-order valence-electron chi connectivity index (χ2n) is 11.1. The van der Waals surface area contributed by atoms with Crippen molar-refractivity contribution in [2.24, 2.45) is 0 Å². The van der Waals surface area contributed by atoms with Crippen molar-refractivity contribution in [1.29, 1.82) is 0 Å². The molecular weight excluding hydrogens is 604 g/mol. The summed E-state index contributed by atoms with van der Waals surface area (Å²) < 4.78 is 126. The fraction of sp³-hybridized carbons (Fsp3) is 0.314. The molecule has 1 aliphatic carbocycles. The van der Waals surface area contributed by atoms with Crippen LogP contribution in [-0.2, 0) is 10.8 Å². The Balaban J connectivity index is 1.27. The maximum absolute atomic E-state index is 15.1. The minimum atomic E-state index is -4.34. The Morgan fingerprint density at radius 1 is 0.667 bits per heavy atom. The molecular formula is C35H30F8O2. The zero-order chi connectivity index (χ0) is 32.3. The number of unbranched alkanes of at least 4 members (excludes halogenated alkanes) is 1. The van der Waals surface area contributed by atoms with E-state index in [1.54, 1.807) is 0 Å². The summed E-state index contributed by atoms with van der Waals surface area (Å²) in [5, 5.41) is 0. The van der Waals surface area contributed by atoms with Gasteiger partial charge in [0.15, 0.2) is 17.5 Å². The molecule has 0 amide bonds. The molecule has 0 atom stereocenters. The van der Waals surface area contributed by atoms with E-state index < -0.39 is 52.3 Å². The zero-order valence-electron chi connectivity index (χ0n) is 24.3. The number of hydrogen-bond acceptors (Lipinski definition) is 2. The van der Waals surface area contributed by atoms with Crippen molar-refractivity contribution in [2.45, 2.75) is 63.6 Å². The number of alkyl halides is 2. The van der Waals surface area contributed by atoms with Crippen molar-refractivity contribution < 1.29 is 44.6 Å². The first-order valence-electron chi connectivity index (χ1n) is 14.7. The monoisotopic (exact) mass is 634 g/mol. The van der Waals surface area contributed by atoms with Crippen LogP contribution in [0.5, 0.6) is 5.75 Å². The normalized spacial score (nSPS) is 17.0. The van der Waals surface area contributed by atoms with E-state index in [0.717, 1.165) is 56.0 Å². The third kappa shape index (κ3) is 7.32. The third-order valence-electron chi connectivity index (χ3n) is 8.05. The smallest absolute Gasteiger partial charge is 0.429 e. The third-order valence-corrected chi connectivity index (χ3v) is 8.05. The molecule has 1 saturated carbocycles. The van der Waals surface area contributed by atoms with E-state index in [2.05, 4.69) is 6.92 Å².